The monoisotopic (exact) mass is 380 g/mol. The summed E-state index contributed by atoms with van der Waals surface area (Å²) in [5.74, 6) is 0.395. The number of H-pyrrole nitrogens is 1. The predicted molar refractivity (Wildman–Crippen MR) is 103 cm³/mol. The van der Waals surface area contributed by atoms with E-state index >= 15 is 0 Å². The third-order valence-electron chi connectivity index (χ3n) is 4.51. The number of esters is 1. The van der Waals surface area contributed by atoms with Crippen molar-refractivity contribution in [3.8, 4) is 0 Å². The Kier molecular flexibility index (Phi) is 5.84. The summed E-state index contributed by atoms with van der Waals surface area (Å²) in [5.41, 5.74) is 1.08. The van der Waals surface area contributed by atoms with Crippen molar-refractivity contribution < 1.29 is 9.53 Å². The molecule has 7 heteroatoms. The number of hydrogen-bond acceptors (Lipinski definition) is 6. The molecule has 0 unspecified atom stereocenters. The molecule has 0 amide bonds. The Morgan fingerprint density at radius 3 is 3.08 bits per heavy atom. The second-order valence-electron chi connectivity index (χ2n) is 6.68. The second-order valence-corrected chi connectivity index (χ2v) is 9.10. The molecule has 0 bridgehead atoms. The highest BCUT2D eigenvalue weighted by Crippen LogP contribution is 2.36. The number of aromatic amines is 1. The number of carbonyl (C=O) groups excluding carboxylic acids is 1. The number of hydrogen-bond donors (Lipinski definition) is 1. The van der Waals surface area contributed by atoms with Crippen molar-refractivity contribution in [2.24, 2.45) is 5.92 Å². The summed E-state index contributed by atoms with van der Waals surface area (Å²) in [6.45, 7) is 6.53. The van der Waals surface area contributed by atoms with Crippen molar-refractivity contribution >= 4 is 39.3 Å². The average molecular weight is 381 g/mol. The molecule has 0 saturated heterocycles. The van der Waals surface area contributed by atoms with Crippen LogP contribution in [0.2, 0.25) is 0 Å². The number of thioether (sulfide) groups is 1. The number of nitrogens with zero attached hydrogens (tertiary/aromatic N) is 1. The van der Waals surface area contributed by atoms with Crippen molar-refractivity contribution in [3.05, 3.63) is 20.8 Å². The van der Waals surface area contributed by atoms with Crippen LogP contribution in [0.3, 0.4) is 0 Å². The lowest BCUT2D eigenvalue weighted by Crippen LogP contribution is -2.19. The minimum atomic E-state index is -0.396. The Morgan fingerprint density at radius 2 is 2.32 bits per heavy atom. The number of aromatic nitrogens is 2. The lowest BCUT2D eigenvalue weighted by Gasteiger charge is -2.17. The molecule has 136 valence electrons. The van der Waals surface area contributed by atoms with Crippen molar-refractivity contribution in [1.82, 2.24) is 9.97 Å². The highest BCUT2D eigenvalue weighted by Gasteiger charge is 2.24. The van der Waals surface area contributed by atoms with Crippen molar-refractivity contribution in [2.75, 3.05) is 6.61 Å². The van der Waals surface area contributed by atoms with Gasteiger partial charge in [0.15, 0.2) is 5.16 Å². The van der Waals surface area contributed by atoms with Gasteiger partial charge >= 0.3 is 5.97 Å². The molecule has 0 saturated carbocycles. The third-order valence-corrected chi connectivity index (χ3v) is 6.62. The van der Waals surface area contributed by atoms with Gasteiger partial charge in [0.25, 0.3) is 5.56 Å². The van der Waals surface area contributed by atoms with Gasteiger partial charge in [0.2, 0.25) is 0 Å². The summed E-state index contributed by atoms with van der Waals surface area (Å²) in [4.78, 5) is 34.1. The molecule has 25 heavy (non-hydrogen) atoms. The molecule has 0 fully saturated rings. The fourth-order valence-electron chi connectivity index (χ4n) is 3.03. The maximum absolute atomic E-state index is 12.6. The second kappa shape index (κ2) is 7.91. The first-order valence-corrected chi connectivity index (χ1v) is 10.6. The molecule has 2 heterocycles. The topological polar surface area (TPSA) is 72.0 Å². The number of rotatable bonds is 6. The van der Waals surface area contributed by atoms with Crippen molar-refractivity contribution in [3.63, 3.8) is 0 Å². The van der Waals surface area contributed by atoms with E-state index in [0.29, 0.717) is 17.7 Å². The number of fused-ring (bicyclic) bond motifs is 3. The summed E-state index contributed by atoms with van der Waals surface area (Å²) < 4.78 is 5.24. The van der Waals surface area contributed by atoms with Crippen LogP contribution in [0, 0.1) is 5.92 Å². The Hall–Kier alpha value is -1.34. The van der Waals surface area contributed by atoms with Gasteiger partial charge in [0.05, 0.1) is 12.0 Å². The highest BCUT2D eigenvalue weighted by molar-refractivity contribution is 8.00. The van der Waals surface area contributed by atoms with Gasteiger partial charge in [-0.15, -0.1) is 11.3 Å². The van der Waals surface area contributed by atoms with E-state index in [2.05, 4.69) is 23.8 Å². The zero-order chi connectivity index (χ0) is 18.0. The number of thiophene rings is 1. The van der Waals surface area contributed by atoms with E-state index in [0.717, 1.165) is 42.3 Å². The van der Waals surface area contributed by atoms with Crippen LogP contribution >= 0.6 is 23.1 Å². The van der Waals surface area contributed by atoms with E-state index in [9.17, 15) is 9.59 Å². The molecule has 0 aromatic carbocycles. The molecule has 1 aliphatic carbocycles. The smallest absolute Gasteiger partial charge is 0.319 e. The maximum atomic E-state index is 12.6. The van der Waals surface area contributed by atoms with Gasteiger partial charge < -0.3 is 9.72 Å². The fraction of sp³-hybridized carbons (Fsp3) is 0.611. The highest BCUT2D eigenvalue weighted by atomic mass is 32.2. The first-order valence-electron chi connectivity index (χ1n) is 8.87. The van der Waals surface area contributed by atoms with E-state index in [1.807, 2.05) is 0 Å². The summed E-state index contributed by atoms with van der Waals surface area (Å²) in [6, 6.07) is 0. The van der Waals surface area contributed by atoms with E-state index in [-0.39, 0.29) is 11.5 Å². The normalized spacial score (nSPS) is 18.1. The SMILES string of the molecule is CCCCOC(=O)[C@H](C)Sc1nc2sc3c(c2c(=O)[nH]1)CC[C@@H](C)C3. The molecule has 3 rings (SSSR count). The van der Waals surface area contributed by atoms with Gasteiger partial charge in [-0.2, -0.15) is 0 Å². The number of nitrogens with one attached hydrogen (secondary N) is 1. The Labute approximate surface area is 155 Å². The van der Waals surface area contributed by atoms with E-state index in [4.69, 9.17) is 4.74 Å². The standard InChI is InChI=1S/C18H24N2O3S2/c1-4-5-8-23-17(22)11(3)24-18-19-15(21)14-12-7-6-10(2)9-13(12)25-16(14)20-18/h10-11H,4-9H2,1-3H3,(H,19,20,21)/t10-,11+/m1/s1. The zero-order valence-corrected chi connectivity index (χ0v) is 16.5. The largest absolute Gasteiger partial charge is 0.465 e. The van der Waals surface area contributed by atoms with Crippen LogP contribution < -0.4 is 5.56 Å². The minimum absolute atomic E-state index is 0.0916. The average Bonchev–Trinajstić information content (AvgIpc) is 2.92. The molecular weight excluding hydrogens is 356 g/mol. The van der Waals surface area contributed by atoms with Crippen LogP contribution in [0.25, 0.3) is 10.2 Å². The lowest BCUT2D eigenvalue weighted by atomic mass is 9.89. The first kappa shape index (κ1) is 18.5. The maximum Gasteiger partial charge on any atom is 0.319 e. The van der Waals surface area contributed by atoms with Crippen LogP contribution in [-0.4, -0.2) is 27.8 Å². The fourth-order valence-corrected chi connectivity index (χ4v) is 5.27. The summed E-state index contributed by atoms with van der Waals surface area (Å²) in [6.07, 6.45) is 4.95. The summed E-state index contributed by atoms with van der Waals surface area (Å²) in [7, 11) is 0. The zero-order valence-electron chi connectivity index (χ0n) is 14.9. The third kappa shape index (κ3) is 4.08. The molecule has 5 nitrogen and oxygen atoms in total. The van der Waals surface area contributed by atoms with E-state index in [1.54, 1.807) is 18.3 Å². The van der Waals surface area contributed by atoms with Gasteiger partial charge in [0, 0.05) is 4.88 Å². The minimum Gasteiger partial charge on any atom is -0.465 e. The van der Waals surface area contributed by atoms with Crippen LogP contribution in [0.5, 0.6) is 0 Å². The Bertz CT molecular complexity index is 828. The number of carbonyl (C=O) groups is 1. The predicted octanol–water partition coefficient (Wildman–Crippen LogP) is 3.93. The molecule has 0 spiro atoms. The lowest BCUT2D eigenvalue weighted by molar-refractivity contribution is -0.142. The van der Waals surface area contributed by atoms with E-state index in [1.165, 1.54) is 22.2 Å². The Balaban J connectivity index is 1.79. The quantitative estimate of drug-likeness (QED) is 0.356. The number of unbranched alkanes of at least 4 members (excludes halogenated alkanes) is 1. The Morgan fingerprint density at radius 1 is 1.52 bits per heavy atom. The molecule has 2 atom stereocenters. The van der Waals surface area contributed by atoms with Gasteiger partial charge in [-0.3, -0.25) is 9.59 Å². The van der Waals surface area contributed by atoms with E-state index < -0.39 is 5.25 Å². The van der Waals surface area contributed by atoms with Crippen LogP contribution in [0.1, 0.15) is 50.5 Å². The molecular formula is C18H24N2O3S2. The van der Waals surface area contributed by atoms with Crippen LogP contribution in [-0.2, 0) is 22.4 Å². The molecule has 2 aromatic heterocycles. The molecule has 1 aliphatic rings. The van der Waals surface area contributed by atoms with Crippen molar-refractivity contribution in [1.29, 1.82) is 0 Å². The molecule has 0 aliphatic heterocycles. The summed E-state index contributed by atoms with van der Waals surface area (Å²) in [5, 5.41) is 0.838. The van der Waals surface area contributed by atoms with Gasteiger partial charge in [-0.05, 0) is 44.1 Å². The first-order chi connectivity index (χ1) is 12.0. The van der Waals surface area contributed by atoms with Crippen LogP contribution in [0.15, 0.2) is 9.95 Å². The van der Waals surface area contributed by atoms with Gasteiger partial charge in [-0.25, -0.2) is 4.98 Å². The van der Waals surface area contributed by atoms with Gasteiger partial charge in [0.1, 0.15) is 10.1 Å². The number of ether oxygens (including phenoxy) is 1. The summed E-state index contributed by atoms with van der Waals surface area (Å²) >= 11 is 2.87. The number of aryl methyl sites for hydroxylation is 1. The molecule has 2 aromatic rings. The van der Waals surface area contributed by atoms with Gasteiger partial charge in [-0.1, -0.05) is 32.0 Å². The molecule has 0 radical (unpaired) electrons. The molecule has 1 N–H and O–H groups in total. The van der Waals surface area contributed by atoms with Crippen LogP contribution in [0.4, 0.5) is 0 Å². The van der Waals surface area contributed by atoms with Crippen molar-refractivity contribution in [2.45, 2.75) is 63.3 Å².